The first-order valence-electron chi connectivity index (χ1n) is 8.36. The molecular weight excluding hydrogens is 316 g/mol. The molecule has 1 aliphatic rings. The van der Waals surface area contributed by atoms with Crippen LogP contribution in [0.5, 0.6) is 0 Å². The van der Waals surface area contributed by atoms with Gasteiger partial charge in [-0.05, 0) is 24.6 Å². The minimum Gasteiger partial charge on any atom is -0.360 e. The Hall–Kier alpha value is -2.89. The number of piperazine rings is 1. The Balaban J connectivity index is 1.78. The zero-order valence-electron chi connectivity index (χ0n) is 14.5. The van der Waals surface area contributed by atoms with Crippen LogP contribution in [0.2, 0.25) is 0 Å². The Morgan fingerprint density at radius 2 is 2.04 bits per heavy atom. The normalized spacial score (nSPS) is 15.4. The fourth-order valence-corrected chi connectivity index (χ4v) is 2.90. The summed E-state index contributed by atoms with van der Waals surface area (Å²) in [6.45, 7) is 3.62. The summed E-state index contributed by atoms with van der Waals surface area (Å²) in [7, 11) is 1.78. The lowest BCUT2D eigenvalue weighted by Crippen LogP contribution is -2.47. The van der Waals surface area contributed by atoms with Crippen LogP contribution in [-0.4, -0.2) is 48.4 Å². The molecule has 0 bridgehead atoms. The molecule has 0 aliphatic carbocycles. The fraction of sp³-hybridized carbons (Fsp3) is 0.316. The van der Waals surface area contributed by atoms with E-state index < -0.39 is 0 Å². The zero-order valence-corrected chi connectivity index (χ0v) is 14.5. The molecule has 1 fully saturated rings. The quantitative estimate of drug-likeness (QED) is 0.924. The van der Waals surface area contributed by atoms with E-state index in [1.54, 1.807) is 24.2 Å². The van der Waals surface area contributed by atoms with Crippen LogP contribution in [0.3, 0.4) is 0 Å². The third-order valence-corrected chi connectivity index (χ3v) is 4.55. The molecule has 3 rings (SSSR count). The number of hydrogen-bond acceptors (Lipinski definition) is 4. The summed E-state index contributed by atoms with van der Waals surface area (Å²) in [4.78, 5) is 32.3. The van der Waals surface area contributed by atoms with Gasteiger partial charge in [-0.3, -0.25) is 14.6 Å². The van der Waals surface area contributed by atoms with Crippen LogP contribution in [-0.2, 0) is 4.79 Å². The number of rotatable bonds is 4. The summed E-state index contributed by atoms with van der Waals surface area (Å²) in [5.74, 6) is -0.148. The minimum absolute atomic E-state index is 0.00856. The van der Waals surface area contributed by atoms with Gasteiger partial charge in [-0.15, -0.1) is 0 Å². The lowest BCUT2D eigenvalue weighted by Gasteiger charge is -2.29. The minimum atomic E-state index is -0.139. The second kappa shape index (κ2) is 7.34. The van der Waals surface area contributed by atoms with E-state index in [1.165, 1.54) is 0 Å². The van der Waals surface area contributed by atoms with Gasteiger partial charge >= 0.3 is 0 Å². The topological polar surface area (TPSA) is 65.5 Å². The zero-order chi connectivity index (χ0) is 17.8. The average Bonchev–Trinajstić information content (AvgIpc) is 2.67. The number of anilines is 1. The van der Waals surface area contributed by atoms with Gasteiger partial charge in [0.1, 0.15) is 5.69 Å². The SMILES string of the molecule is C[C@H](c1ccccc1)N(C)C(=O)c1cc(N2CCNC(=O)C2)ccn1. The van der Waals surface area contributed by atoms with Crippen molar-refractivity contribution in [1.29, 1.82) is 0 Å². The summed E-state index contributed by atoms with van der Waals surface area (Å²) < 4.78 is 0. The van der Waals surface area contributed by atoms with Gasteiger partial charge in [-0.2, -0.15) is 0 Å². The molecule has 2 heterocycles. The second-order valence-corrected chi connectivity index (χ2v) is 6.17. The molecule has 1 atom stereocenters. The van der Waals surface area contributed by atoms with Gasteiger partial charge in [0.15, 0.2) is 0 Å². The Bertz CT molecular complexity index is 763. The van der Waals surface area contributed by atoms with E-state index in [2.05, 4.69) is 10.3 Å². The molecule has 2 amide bonds. The number of nitrogens with one attached hydrogen (secondary N) is 1. The van der Waals surface area contributed by atoms with Crippen molar-refractivity contribution in [3.05, 3.63) is 59.9 Å². The predicted octanol–water partition coefficient (Wildman–Crippen LogP) is 1.85. The van der Waals surface area contributed by atoms with E-state index in [1.807, 2.05) is 48.2 Å². The number of pyridine rings is 1. The molecule has 1 aromatic carbocycles. The Morgan fingerprint density at radius 1 is 1.28 bits per heavy atom. The monoisotopic (exact) mass is 338 g/mol. The van der Waals surface area contributed by atoms with Crippen molar-refractivity contribution >= 4 is 17.5 Å². The molecule has 1 aromatic heterocycles. The van der Waals surface area contributed by atoms with E-state index in [0.717, 1.165) is 17.8 Å². The maximum atomic E-state index is 12.8. The predicted molar refractivity (Wildman–Crippen MR) is 96.4 cm³/mol. The van der Waals surface area contributed by atoms with E-state index in [4.69, 9.17) is 0 Å². The van der Waals surface area contributed by atoms with Crippen LogP contribution in [0, 0.1) is 0 Å². The molecule has 1 N–H and O–H groups in total. The van der Waals surface area contributed by atoms with Gasteiger partial charge in [0.25, 0.3) is 5.91 Å². The average molecular weight is 338 g/mol. The maximum Gasteiger partial charge on any atom is 0.272 e. The van der Waals surface area contributed by atoms with Gasteiger partial charge in [0.05, 0.1) is 12.6 Å². The largest absolute Gasteiger partial charge is 0.360 e. The molecule has 25 heavy (non-hydrogen) atoms. The van der Waals surface area contributed by atoms with Crippen LogP contribution >= 0.6 is 0 Å². The third-order valence-electron chi connectivity index (χ3n) is 4.55. The Labute approximate surface area is 147 Å². The summed E-state index contributed by atoms with van der Waals surface area (Å²) in [6, 6.07) is 13.4. The van der Waals surface area contributed by atoms with Crippen molar-refractivity contribution in [2.45, 2.75) is 13.0 Å². The van der Waals surface area contributed by atoms with Crippen molar-refractivity contribution in [2.75, 3.05) is 31.6 Å². The van der Waals surface area contributed by atoms with Crippen molar-refractivity contribution in [3.63, 3.8) is 0 Å². The van der Waals surface area contributed by atoms with Crippen LogP contribution in [0.25, 0.3) is 0 Å². The highest BCUT2D eigenvalue weighted by Gasteiger charge is 2.22. The molecule has 0 spiro atoms. The molecule has 6 nitrogen and oxygen atoms in total. The summed E-state index contributed by atoms with van der Waals surface area (Å²) >= 11 is 0. The van der Waals surface area contributed by atoms with Crippen LogP contribution in [0.1, 0.15) is 29.0 Å². The molecule has 1 aliphatic heterocycles. The molecule has 6 heteroatoms. The molecule has 130 valence electrons. The van der Waals surface area contributed by atoms with Crippen LogP contribution in [0.15, 0.2) is 48.7 Å². The number of hydrogen-bond donors (Lipinski definition) is 1. The highest BCUT2D eigenvalue weighted by atomic mass is 16.2. The van der Waals surface area contributed by atoms with E-state index >= 15 is 0 Å². The van der Waals surface area contributed by atoms with E-state index in [9.17, 15) is 9.59 Å². The van der Waals surface area contributed by atoms with Crippen LogP contribution < -0.4 is 10.2 Å². The second-order valence-electron chi connectivity index (χ2n) is 6.17. The molecular formula is C19H22N4O2. The first-order chi connectivity index (χ1) is 12.1. The van der Waals surface area contributed by atoms with E-state index in [-0.39, 0.29) is 17.9 Å². The molecule has 2 aromatic rings. The number of benzene rings is 1. The van der Waals surface area contributed by atoms with Crippen molar-refractivity contribution in [2.24, 2.45) is 0 Å². The van der Waals surface area contributed by atoms with Gasteiger partial charge in [0.2, 0.25) is 5.91 Å². The van der Waals surface area contributed by atoms with Crippen molar-refractivity contribution < 1.29 is 9.59 Å². The summed E-state index contributed by atoms with van der Waals surface area (Å²) in [5, 5.41) is 2.80. The number of aromatic nitrogens is 1. The number of carbonyl (C=O) groups is 2. The maximum absolute atomic E-state index is 12.8. The summed E-state index contributed by atoms with van der Waals surface area (Å²) in [5.41, 5.74) is 2.30. The lowest BCUT2D eigenvalue weighted by atomic mass is 10.1. The Morgan fingerprint density at radius 3 is 2.76 bits per heavy atom. The van der Waals surface area contributed by atoms with Gasteiger partial charge in [0, 0.05) is 32.0 Å². The molecule has 0 radical (unpaired) electrons. The number of nitrogens with zero attached hydrogens (tertiary/aromatic N) is 3. The lowest BCUT2D eigenvalue weighted by molar-refractivity contribution is -0.120. The van der Waals surface area contributed by atoms with Crippen molar-refractivity contribution in [1.82, 2.24) is 15.2 Å². The Kier molecular flexibility index (Phi) is 4.97. The molecule has 0 saturated carbocycles. The number of amides is 2. The highest BCUT2D eigenvalue weighted by Crippen LogP contribution is 2.22. The molecule has 0 unspecified atom stereocenters. The standard InChI is InChI=1S/C19H22N4O2/c1-14(15-6-4-3-5-7-15)22(2)19(25)17-12-16(8-9-20-17)23-11-10-21-18(24)13-23/h3-9,12,14H,10-11,13H2,1-2H3,(H,21,24)/t14-/m1/s1. The highest BCUT2D eigenvalue weighted by molar-refractivity contribution is 5.93. The van der Waals surface area contributed by atoms with Crippen molar-refractivity contribution in [3.8, 4) is 0 Å². The molecule has 1 saturated heterocycles. The first kappa shape index (κ1) is 17.0. The first-order valence-corrected chi connectivity index (χ1v) is 8.36. The van der Waals surface area contributed by atoms with Crippen LogP contribution in [0.4, 0.5) is 5.69 Å². The fourth-order valence-electron chi connectivity index (χ4n) is 2.90. The number of carbonyl (C=O) groups excluding carboxylic acids is 2. The van der Waals surface area contributed by atoms with Gasteiger partial charge in [-0.25, -0.2) is 0 Å². The third kappa shape index (κ3) is 3.79. The van der Waals surface area contributed by atoms with Gasteiger partial charge in [-0.1, -0.05) is 30.3 Å². The van der Waals surface area contributed by atoms with E-state index in [0.29, 0.717) is 18.8 Å². The van der Waals surface area contributed by atoms with Gasteiger partial charge < -0.3 is 15.1 Å². The smallest absolute Gasteiger partial charge is 0.272 e. The summed E-state index contributed by atoms with van der Waals surface area (Å²) in [6.07, 6.45) is 1.62.